The maximum absolute atomic E-state index is 4.61. The first-order valence-corrected chi connectivity index (χ1v) is 5.52. The van der Waals surface area contributed by atoms with Gasteiger partial charge in [0, 0.05) is 6.20 Å². The molecule has 3 heterocycles. The molecule has 2 aromatic rings. The molecular formula is C12H15N3. The van der Waals surface area contributed by atoms with Crippen LogP contribution in [0.15, 0.2) is 24.4 Å². The second-order valence-electron chi connectivity index (χ2n) is 4.29. The van der Waals surface area contributed by atoms with E-state index >= 15 is 0 Å². The average Bonchev–Trinajstić information content (AvgIpc) is 2.84. The molecule has 1 atom stereocenters. The Morgan fingerprint density at radius 1 is 1.47 bits per heavy atom. The Labute approximate surface area is 89.1 Å². The van der Waals surface area contributed by atoms with Crippen LogP contribution in [0.4, 0.5) is 0 Å². The van der Waals surface area contributed by atoms with Gasteiger partial charge < -0.3 is 5.32 Å². The lowest BCUT2D eigenvalue weighted by molar-refractivity contribution is 0.620. The molecule has 15 heavy (non-hydrogen) atoms. The Kier molecular flexibility index (Phi) is 1.99. The zero-order chi connectivity index (χ0) is 10.3. The van der Waals surface area contributed by atoms with Crippen LogP contribution in [0.2, 0.25) is 0 Å². The second kappa shape index (κ2) is 3.35. The van der Waals surface area contributed by atoms with Crippen molar-refractivity contribution >= 4 is 5.52 Å². The highest BCUT2D eigenvalue weighted by Gasteiger charge is 2.18. The molecule has 1 fully saturated rings. The molecule has 1 N–H and O–H groups in total. The summed E-state index contributed by atoms with van der Waals surface area (Å²) in [6.07, 6.45) is 4.55. The normalized spacial score (nSPS) is 21.3. The van der Waals surface area contributed by atoms with Gasteiger partial charge in [-0.15, -0.1) is 0 Å². The molecule has 0 aromatic carbocycles. The van der Waals surface area contributed by atoms with E-state index < -0.39 is 0 Å². The fraction of sp³-hybridized carbons (Fsp3) is 0.417. The van der Waals surface area contributed by atoms with Gasteiger partial charge in [-0.2, -0.15) is 5.10 Å². The number of nitrogens with one attached hydrogen (secondary N) is 1. The Hall–Kier alpha value is -1.35. The molecule has 0 spiro atoms. The van der Waals surface area contributed by atoms with Crippen LogP contribution in [0.3, 0.4) is 0 Å². The van der Waals surface area contributed by atoms with Crippen molar-refractivity contribution in [3.05, 3.63) is 35.7 Å². The summed E-state index contributed by atoms with van der Waals surface area (Å²) < 4.78 is 1.98. The van der Waals surface area contributed by atoms with Gasteiger partial charge in [0.25, 0.3) is 0 Å². The number of aryl methyl sites for hydroxylation is 1. The summed E-state index contributed by atoms with van der Waals surface area (Å²) in [5.41, 5.74) is 3.61. The first kappa shape index (κ1) is 8.92. The van der Waals surface area contributed by atoms with Crippen LogP contribution >= 0.6 is 0 Å². The maximum Gasteiger partial charge on any atom is 0.0804 e. The predicted molar refractivity (Wildman–Crippen MR) is 59.9 cm³/mol. The topological polar surface area (TPSA) is 29.3 Å². The van der Waals surface area contributed by atoms with E-state index in [0.717, 1.165) is 6.54 Å². The Balaban J connectivity index is 2.05. The molecule has 1 aliphatic heterocycles. The van der Waals surface area contributed by atoms with E-state index in [1.165, 1.54) is 29.6 Å². The lowest BCUT2D eigenvalue weighted by Crippen LogP contribution is -2.13. The van der Waals surface area contributed by atoms with Crippen molar-refractivity contribution in [1.82, 2.24) is 14.9 Å². The van der Waals surface area contributed by atoms with Gasteiger partial charge >= 0.3 is 0 Å². The van der Waals surface area contributed by atoms with Crippen LogP contribution in [-0.4, -0.2) is 16.2 Å². The van der Waals surface area contributed by atoms with Gasteiger partial charge in [-0.25, -0.2) is 4.52 Å². The summed E-state index contributed by atoms with van der Waals surface area (Å²) in [6.45, 7) is 3.21. The number of hydrogen-bond acceptors (Lipinski definition) is 2. The molecule has 2 aromatic heterocycles. The molecule has 1 unspecified atom stereocenters. The van der Waals surface area contributed by atoms with Crippen LogP contribution in [0, 0.1) is 6.92 Å². The van der Waals surface area contributed by atoms with E-state index in [0.29, 0.717) is 6.04 Å². The lowest BCUT2D eigenvalue weighted by atomic mass is 10.1. The van der Waals surface area contributed by atoms with Gasteiger partial charge in [0.05, 0.1) is 17.3 Å². The van der Waals surface area contributed by atoms with E-state index in [4.69, 9.17) is 0 Å². The summed E-state index contributed by atoms with van der Waals surface area (Å²) in [5.74, 6) is 0. The van der Waals surface area contributed by atoms with Crippen LogP contribution in [-0.2, 0) is 0 Å². The van der Waals surface area contributed by atoms with Gasteiger partial charge in [0.1, 0.15) is 0 Å². The highest BCUT2D eigenvalue weighted by molar-refractivity contribution is 5.48. The molecule has 0 bridgehead atoms. The molecule has 1 aliphatic rings. The van der Waals surface area contributed by atoms with E-state index in [2.05, 4.69) is 41.7 Å². The highest BCUT2D eigenvalue weighted by Crippen LogP contribution is 2.22. The van der Waals surface area contributed by atoms with Crippen molar-refractivity contribution in [1.29, 1.82) is 0 Å². The first-order chi connectivity index (χ1) is 7.33. The largest absolute Gasteiger partial charge is 0.309 e. The van der Waals surface area contributed by atoms with E-state index in [1.54, 1.807) is 0 Å². The summed E-state index contributed by atoms with van der Waals surface area (Å²) in [7, 11) is 0. The van der Waals surface area contributed by atoms with Crippen molar-refractivity contribution in [2.75, 3.05) is 6.54 Å². The molecule has 0 aliphatic carbocycles. The van der Waals surface area contributed by atoms with Crippen LogP contribution < -0.4 is 5.32 Å². The van der Waals surface area contributed by atoms with Crippen molar-refractivity contribution in [2.24, 2.45) is 0 Å². The first-order valence-electron chi connectivity index (χ1n) is 5.52. The Morgan fingerprint density at radius 2 is 2.40 bits per heavy atom. The fourth-order valence-corrected chi connectivity index (χ4v) is 2.22. The van der Waals surface area contributed by atoms with Crippen molar-refractivity contribution in [3.8, 4) is 0 Å². The van der Waals surface area contributed by atoms with Gasteiger partial charge in [-0.05, 0) is 44.0 Å². The molecule has 3 nitrogen and oxygen atoms in total. The zero-order valence-electron chi connectivity index (χ0n) is 8.90. The number of fused-ring (bicyclic) bond motifs is 1. The van der Waals surface area contributed by atoms with Crippen LogP contribution in [0.5, 0.6) is 0 Å². The second-order valence-corrected chi connectivity index (χ2v) is 4.29. The monoisotopic (exact) mass is 201 g/mol. The molecule has 78 valence electrons. The summed E-state index contributed by atoms with van der Waals surface area (Å²) >= 11 is 0. The SMILES string of the molecule is Cc1ccc2cc(C3CCCN3)nn2c1. The smallest absolute Gasteiger partial charge is 0.0804 e. The van der Waals surface area contributed by atoms with Gasteiger partial charge in [0.2, 0.25) is 0 Å². The minimum Gasteiger partial charge on any atom is -0.309 e. The van der Waals surface area contributed by atoms with E-state index in [9.17, 15) is 0 Å². The maximum atomic E-state index is 4.61. The minimum atomic E-state index is 0.463. The van der Waals surface area contributed by atoms with Gasteiger partial charge in [-0.1, -0.05) is 6.07 Å². The van der Waals surface area contributed by atoms with E-state index in [-0.39, 0.29) is 0 Å². The molecule has 3 rings (SSSR count). The number of pyridine rings is 1. The average molecular weight is 201 g/mol. The van der Waals surface area contributed by atoms with Crippen molar-refractivity contribution in [2.45, 2.75) is 25.8 Å². The predicted octanol–water partition coefficient (Wildman–Crippen LogP) is 2.07. The number of nitrogens with zero attached hydrogens (tertiary/aromatic N) is 2. The number of aromatic nitrogens is 2. The molecule has 1 saturated heterocycles. The summed E-state index contributed by atoms with van der Waals surface area (Å²) in [5, 5.41) is 8.08. The van der Waals surface area contributed by atoms with Crippen LogP contribution in [0.1, 0.15) is 30.1 Å². The molecular weight excluding hydrogens is 186 g/mol. The lowest BCUT2D eigenvalue weighted by Gasteiger charge is -2.04. The number of rotatable bonds is 1. The third-order valence-corrected chi connectivity index (χ3v) is 3.04. The molecule has 0 saturated carbocycles. The highest BCUT2D eigenvalue weighted by atomic mass is 15.2. The standard InChI is InChI=1S/C12H15N3/c1-9-4-5-10-7-12(14-15(10)8-9)11-3-2-6-13-11/h4-5,7-8,11,13H,2-3,6H2,1H3. The van der Waals surface area contributed by atoms with Gasteiger partial charge in [-0.3, -0.25) is 0 Å². The molecule has 0 radical (unpaired) electrons. The van der Waals surface area contributed by atoms with Crippen molar-refractivity contribution < 1.29 is 0 Å². The van der Waals surface area contributed by atoms with Crippen molar-refractivity contribution in [3.63, 3.8) is 0 Å². The Morgan fingerprint density at radius 3 is 3.20 bits per heavy atom. The Bertz CT molecular complexity index is 481. The molecule has 0 amide bonds. The third kappa shape index (κ3) is 1.53. The zero-order valence-corrected chi connectivity index (χ0v) is 8.90. The molecule has 3 heteroatoms. The summed E-state index contributed by atoms with van der Waals surface area (Å²) in [6, 6.07) is 6.90. The third-order valence-electron chi connectivity index (χ3n) is 3.04. The summed E-state index contributed by atoms with van der Waals surface area (Å²) in [4.78, 5) is 0. The van der Waals surface area contributed by atoms with Crippen LogP contribution in [0.25, 0.3) is 5.52 Å². The minimum absolute atomic E-state index is 0.463. The fourth-order valence-electron chi connectivity index (χ4n) is 2.22. The quantitative estimate of drug-likeness (QED) is 0.765. The van der Waals surface area contributed by atoms with Gasteiger partial charge in [0.15, 0.2) is 0 Å². The number of hydrogen-bond donors (Lipinski definition) is 1. The van der Waals surface area contributed by atoms with E-state index in [1.807, 2.05) is 4.52 Å².